The summed E-state index contributed by atoms with van der Waals surface area (Å²) >= 11 is 0. The van der Waals surface area contributed by atoms with Crippen LogP contribution in [0.15, 0.2) is 30.9 Å². The van der Waals surface area contributed by atoms with Crippen molar-refractivity contribution >= 4 is 23.2 Å². The van der Waals surface area contributed by atoms with Crippen molar-refractivity contribution in [2.45, 2.75) is 38.8 Å². The average molecular weight is 424 g/mol. The summed E-state index contributed by atoms with van der Waals surface area (Å²) in [7, 11) is 0. The number of rotatable bonds is 4. The third-order valence-electron chi connectivity index (χ3n) is 5.83. The Morgan fingerprint density at radius 2 is 1.32 bits per heavy atom. The van der Waals surface area contributed by atoms with Crippen molar-refractivity contribution in [2.24, 2.45) is 11.8 Å². The van der Waals surface area contributed by atoms with Gasteiger partial charge in [0.15, 0.2) is 0 Å². The highest BCUT2D eigenvalue weighted by atomic mass is 19.1. The molecule has 2 N–H and O–H groups in total. The number of aromatic nitrogens is 6. The quantitative estimate of drug-likeness (QED) is 0.654. The predicted octanol–water partition coefficient (Wildman–Crippen LogP) is 1.41. The molecule has 31 heavy (non-hydrogen) atoms. The smallest absolute Gasteiger partial charge is 0.229 e. The summed E-state index contributed by atoms with van der Waals surface area (Å²) in [6.07, 6.45) is 5.85. The zero-order valence-electron chi connectivity index (χ0n) is 16.7. The molecule has 1 aromatic carbocycles. The molecule has 4 heterocycles. The molecule has 2 atom stereocenters. The van der Waals surface area contributed by atoms with Gasteiger partial charge in [0.2, 0.25) is 11.8 Å². The van der Waals surface area contributed by atoms with Crippen molar-refractivity contribution in [3.8, 4) is 0 Å². The minimum atomic E-state index is -0.539. The van der Waals surface area contributed by atoms with Crippen LogP contribution in [0, 0.1) is 17.7 Å². The number of carbonyl (C=O) groups excluding carboxylic acids is 2. The molecular formula is C20H21FN8O2. The van der Waals surface area contributed by atoms with Crippen LogP contribution >= 0.6 is 0 Å². The van der Waals surface area contributed by atoms with Crippen LogP contribution in [0.3, 0.4) is 0 Å². The summed E-state index contributed by atoms with van der Waals surface area (Å²) in [6, 6.07) is 4.05. The maximum Gasteiger partial charge on any atom is 0.229 e. The molecule has 0 saturated carbocycles. The second kappa shape index (κ2) is 7.89. The Morgan fingerprint density at radius 3 is 1.81 bits per heavy atom. The third-order valence-corrected chi connectivity index (χ3v) is 5.83. The number of fused-ring (bicyclic) bond motifs is 2. The van der Waals surface area contributed by atoms with Crippen molar-refractivity contribution in [1.29, 1.82) is 0 Å². The highest BCUT2D eigenvalue weighted by molar-refractivity contribution is 5.95. The van der Waals surface area contributed by atoms with Gasteiger partial charge in [-0.15, -0.1) is 20.4 Å². The summed E-state index contributed by atoms with van der Waals surface area (Å²) in [5, 5.41) is 21.3. The van der Waals surface area contributed by atoms with E-state index in [0.717, 1.165) is 11.6 Å². The van der Waals surface area contributed by atoms with E-state index in [1.165, 1.54) is 12.1 Å². The Labute approximate surface area is 176 Å². The number of nitrogens with zero attached hydrogens (tertiary/aromatic N) is 6. The molecular weight excluding hydrogens is 403 g/mol. The lowest BCUT2D eigenvalue weighted by Gasteiger charge is -2.23. The SMILES string of the molecule is O=C(Nc1cc(F)cc(NC(=O)C2CCc3nncn3C2)c1)C1CCc2nncn2C1. The maximum atomic E-state index is 14.2. The summed E-state index contributed by atoms with van der Waals surface area (Å²) < 4.78 is 17.9. The van der Waals surface area contributed by atoms with Gasteiger partial charge in [0.05, 0.1) is 11.8 Å². The maximum absolute atomic E-state index is 14.2. The van der Waals surface area contributed by atoms with Gasteiger partial charge in [-0.05, 0) is 31.0 Å². The normalized spacial score (nSPS) is 19.9. The van der Waals surface area contributed by atoms with Crippen molar-refractivity contribution < 1.29 is 14.0 Å². The Hall–Kier alpha value is -3.63. The standard InChI is InChI=1S/C20H21FN8O2/c21-14-5-15(24-19(30)12-1-3-17-26-22-10-28(17)8-12)7-16(6-14)25-20(31)13-2-4-18-27-23-11-29(18)9-13/h5-7,10-13H,1-4,8-9H2,(H,24,30)(H,25,31). The van der Waals surface area contributed by atoms with E-state index < -0.39 is 5.82 Å². The molecule has 10 nitrogen and oxygen atoms in total. The van der Waals surface area contributed by atoms with E-state index in [-0.39, 0.29) is 23.7 Å². The Bertz CT molecular complexity index is 1060. The molecule has 2 aliphatic rings. The first kappa shape index (κ1) is 19.3. The van der Waals surface area contributed by atoms with Crippen LogP contribution in [-0.2, 0) is 35.5 Å². The van der Waals surface area contributed by atoms with E-state index in [4.69, 9.17) is 0 Å². The molecule has 11 heteroatoms. The first-order valence-corrected chi connectivity index (χ1v) is 10.2. The number of hydrogen-bond donors (Lipinski definition) is 2. The zero-order valence-corrected chi connectivity index (χ0v) is 16.7. The summed E-state index contributed by atoms with van der Waals surface area (Å²) in [6.45, 7) is 0.972. The largest absolute Gasteiger partial charge is 0.326 e. The fourth-order valence-corrected chi connectivity index (χ4v) is 4.16. The minimum absolute atomic E-state index is 0.199. The van der Waals surface area contributed by atoms with Crippen molar-refractivity contribution in [1.82, 2.24) is 29.5 Å². The number of nitrogens with one attached hydrogen (secondary N) is 2. The number of halogens is 1. The zero-order chi connectivity index (χ0) is 21.4. The average Bonchev–Trinajstić information content (AvgIpc) is 3.41. The molecule has 0 radical (unpaired) electrons. The fourth-order valence-electron chi connectivity index (χ4n) is 4.16. The summed E-state index contributed by atoms with van der Waals surface area (Å²) in [5.74, 6) is 0.268. The van der Waals surface area contributed by atoms with E-state index in [0.29, 0.717) is 50.1 Å². The first-order chi connectivity index (χ1) is 15.0. The molecule has 5 rings (SSSR count). The van der Waals surface area contributed by atoms with E-state index in [1.54, 1.807) is 18.7 Å². The van der Waals surface area contributed by atoms with E-state index in [1.807, 2.05) is 9.13 Å². The van der Waals surface area contributed by atoms with Gasteiger partial charge in [-0.2, -0.15) is 0 Å². The third kappa shape index (κ3) is 4.03. The van der Waals surface area contributed by atoms with E-state index in [9.17, 15) is 14.0 Å². The van der Waals surface area contributed by atoms with E-state index in [2.05, 4.69) is 31.0 Å². The predicted molar refractivity (Wildman–Crippen MR) is 107 cm³/mol. The number of anilines is 2. The van der Waals surface area contributed by atoms with Crippen LogP contribution in [-0.4, -0.2) is 41.3 Å². The molecule has 2 aromatic heterocycles. The van der Waals surface area contributed by atoms with Gasteiger partial charge in [0.1, 0.15) is 30.1 Å². The lowest BCUT2D eigenvalue weighted by molar-refractivity contribution is -0.121. The van der Waals surface area contributed by atoms with Crippen LogP contribution in [0.1, 0.15) is 24.5 Å². The second-order valence-corrected chi connectivity index (χ2v) is 7.98. The van der Waals surface area contributed by atoms with Gasteiger partial charge in [0.25, 0.3) is 0 Å². The molecule has 2 amide bonds. The molecule has 0 fully saturated rings. The number of carbonyl (C=O) groups is 2. The Morgan fingerprint density at radius 1 is 0.839 bits per heavy atom. The van der Waals surface area contributed by atoms with E-state index >= 15 is 0 Å². The highest BCUT2D eigenvalue weighted by Crippen LogP contribution is 2.24. The number of amides is 2. The molecule has 0 aliphatic carbocycles. The number of hydrogen-bond acceptors (Lipinski definition) is 6. The van der Waals surface area contributed by atoms with Gasteiger partial charge < -0.3 is 19.8 Å². The lowest BCUT2D eigenvalue weighted by Crippen LogP contribution is -2.31. The Balaban J connectivity index is 1.24. The fraction of sp³-hybridized carbons (Fsp3) is 0.400. The van der Waals surface area contributed by atoms with Gasteiger partial charge >= 0.3 is 0 Å². The van der Waals surface area contributed by atoms with Gasteiger partial charge in [-0.25, -0.2) is 4.39 Å². The molecule has 2 aliphatic heterocycles. The van der Waals surface area contributed by atoms with Crippen molar-refractivity contribution in [3.05, 3.63) is 48.3 Å². The van der Waals surface area contributed by atoms with Gasteiger partial charge in [0, 0.05) is 37.3 Å². The second-order valence-electron chi connectivity index (χ2n) is 7.98. The topological polar surface area (TPSA) is 120 Å². The summed E-state index contributed by atoms with van der Waals surface area (Å²) in [4.78, 5) is 25.4. The molecule has 160 valence electrons. The molecule has 3 aromatic rings. The first-order valence-electron chi connectivity index (χ1n) is 10.2. The monoisotopic (exact) mass is 424 g/mol. The minimum Gasteiger partial charge on any atom is -0.326 e. The molecule has 0 bridgehead atoms. The number of benzene rings is 1. The molecule has 0 spiro atoms. The Kier molecular flexibility index (Phi) is 4.92. The summed E-state index contributed by atoms with van der Waals surface area (Å²) in [5.41, 5.74) is 0.610. The van der Waals surface area contributed by atoms with Crippen LogP contribution in [0.25, 0.3) is 0 Å². The van der Waals surface area contributed by atoms with Crippen LogP contribution in [0.2, 0.25) is 0 Å². The molecule has 0 saturated heterocycles. The van der Waals surface area contributed by atoms with Crippen LogP contribution in [0.4, 0.5) is 15.8 Å². The molecule has 2 unspecified atom stereocenters. The van der Waals surface area contributed by atoms with Crippen molar-refractivity contribution in [3.63, 3.8) is 0 Å². The lowest BCUT2D eigenvalue weighted by atomic mass is 9.98. The van der Waals surface area contributed by atoms with Crippen LogP contribution < -0.4 is 10.6 Å². The van der Waals surface area contributed by atoms with Crippen molar-refractivity contribution in [2.75, 3.05) is 10.6 Å². The highest BCUT2D eigenvalue weighted by Gasteiger charge is 2.27. The van der Waals surface area contributed by atoms with Gasteiger partial charge in [-0.3, -0.25) is 9.59 Å². The van der Waals surface area contributed by atoms with Crippen LogP contribution in [0.5, 0.6) is 0 Å². The van der Waals surface area contributed by atoms with Gasteiger partial charge in [-0.1, -0.05) is 0 Å². The number of aryl methyl sites for hydroxylation is 2.